The summed E-state index contributed by atoms with van der Waals surface area (Å²) >= 11 is 1.69. The summed E-state index contributed by atoms with van der Waals surface area (Å²) in [6.45, 7) is 5.65. The van der Waals surface area contributed by atoms with Gasteiger partial charge in [0.2, 0.25) is 0 Å². The third-order valence-corrected chi connectivity index (χ3v) is 4.93. The van der Waals surface area contributed by atoms with Crippen molar-refractivity contribution in [2.45, 2.75) is 32.2 Å². The van der Waals surface area contributed by atoms with E-state index in [4.69, 9.17) is 0 Å². The van der Waals surface area contributed by atoms with Crippen LogP contribution in [-0.2, 0) is 6.54 Å². The maximum absolute atomic E-state index is 9.62. The molecule has 0 spiro atoms. The van der Waals surface area contributed by atoms with Gasteiger partial charge in [-0.05, 0) is 5.56 Å². The number of guanidine groups is 1. The zero-order valence-corrected chi connectivity index (χ0v) is 18.0. The second-order valence-electron chi connectivity index (χ2n) is 5.93. The van der Waals surface area contributed by atoms with Gasteiger partial charge >= 0.3 is 0 Å². The summed E-state index contributed by atoms with van der Waals surface area (Å²) in [7, 11) is 1.74. The van der Waals surface area contributed by atoms with E-state index in [1.807, 2.05) is 30.3 Å². The predicted octanol–water partition coefficient (Wildman–Crippen LogP) is 3.33. The average molecular weight is 474 g/mol. The van der Waals surface area contributed by atoms with Crippen LogP contribution in [-0.4, -0.2) is 36.2 Å². The Kier molecular flexibility index (Phi) is 9.99. The molecule has 0 radical (unpaired) electrons. The zero-order chi connectivity index (χ0) is 17.4. The molecular weight excluding hydrogens is 447 g/mol. The summed E-state index contributed by atoms with van der Waals surface area (Å²) in [6.07, 6.45) is 0. The zero-order valence-electron chi connectivity index (χ0n) is 14.9. The SMILES string of the molecule is CN=C(NCc1csc(C(C)C)n1)NCC(CO)c1ccccc1.I. The van der Waals surface area contributed by atoms with E-state index in [1.165, 1.54) is 0 Å². The second kappa shape index (κ2) is 11.4. The van der Waals surface area contributed by atoms with Crippen molar-refractivity contribution < 1.29 is 5.11 Å². The van der Waals surface area contributed by atoms with Crippen LogP contribution in [0.15, 0.2) is 40.7 Å². The smallest absolute Gasteiger partial charge is 0.191 e. The van der Waals surface area contributed by atoms with E-state index in [0.717, 1.165) is 16.3 Å². The Hall–Kier alpha value is -1.19. The Balaban J connectivity index is 0.00000312. The highest BCUT2D eigenvalue weighted by Gasteiger charge is 2.11. The lowest BCUT2D eigenvalue weighted by Gasteiger charge is -2.17. The third kappa shape index (κ3) is 6.91. The molecule has 5 nitrogen and oxygen atoms in total. The van der Waals surface area contributed by atoms with E-state index in [-0.39, 0.29) is 36.5 Å². The molecular formula is C18H27IN4OS. The van der Waals surface area contributed by atoms with Gasteiger partial charge in [-0.1, -0.05) is 44.2 Å². The number of hydrogen-bond donors (Lipinski definition) is 3. The van der Waals surface area contributed by atoms with Gasteiger partial charge in [0, 0.05) is 30.8 Å². The van der Waals surface area contributed by atoms with Gasteiger partial charge in [-0.25, -0.2) is 4.98 Å². The molecule has 0 bridgehead atoms. The minimum atomic E-state index is 0. The predicted molar refractivity (Wildman–Crippen MR) is 116 cm³/mol. The Morgan fingerprint density at radius 3 is 2.52 bits per heavy atom. The van der Waals surface area contributed by atoms with Crippen molar-refractivity contribution in [3.63, 3.8) is 0 Å². The van der Waals surface area contributed by atoms with Crippen LogP contribution in [0, 0.1) is 0 Å². The molecule has 0 aliphatic heterocycles. The van der Waals surface area contributed by atoms with Crippen LogP contribution in [0.1, 0.15) is 41.9 Å². The van der Waals surface area contributed by atoms with Crippen molar-refractivity contribution in [2.24, 2.45) is 4.99 Å². The van der Waals surface area contributed by atoms with Crippen LogP contribution in [0.2, 0.25) is 0 Å². The van der Waals surface area contributed by atoms with E-state index < -0.39 is 0 Å². The molecule has 0 aliphatic rings. The minimum Gasteiger partial charge on any atom is -0.396 e. The first-order chi connectivity index (χ1) is 11.6. The topological polar surface area (TPSA) is 69.5 Å². The van der Waals surface area contributed by atoms with Gasteiger partial charge in [-0.3, -0.25) is 4.99 Å². The molecule has 7 heteroatoms. The number of aliphatic hydroxyl groups is 1. The standard InChI is InChI=1S/C18H26N4OS.HI/c1-13(2)17-22-16(12-24-17)10-21-18(19-3)20-9-15(11-23)14-7-5-4-6-8-14;/h4-8,12-13,15,23H,9-11H2,1-3H3,(H2,19,20,21);1H. The maximum atomic E-state index is 9.62. The lowest BCUT2D eigenvalue weighted by molar-refractivity contribution is 0.265. The van der Waals surface area contributed by atoms with Crippen molar-refractivity contribution in [2.75, 3.05) is 20.2 Å². The van der Waals surface area contributed by atoms with E-state index in [0.29, 0.717) is 25.0 Å². The maximum Gasteiger partial charge on any atom is 0.191 e. The van der Waals surface area contributed by atoms with Gasteiger partial charge in [-0.2, -0.15) is 0 Å². The van der Waals surface area contributed by atoms with E-state index >= 15 is 0 Å². The molecule has 25 heavy (non-hydrogen) atoms. The summed E-state index contributed by atoms with van der Waals surface area (Å²) in [5.74, 6) is 1.21. The van der Waals surface area contributed by atoms with Gasteiger partial charge in [0.15, 0.2) is 5.96 Å². The lowest BCUT2D eigenvalue weighted by Crippen LogP contribution is -2.39. The molecule has 0 saturated heterocycles. The number of halogens is 1. The third-order valence-electron chi connectivity index (χ3n) is 3.73. The number of aromatic nitrogens is 1. The summed E-state index contributed by atoms with van der Waals surface area (Å²) in [5, 5.41) is 19.4. The number of rotatable bonds is 7. The normalized spacial score (nSPS) is 12.6. The fourth-order valence-corrected chi connectivity index (χ4v) is 3.13. The van der Waals surface area contributed by atoms with Crippen molar-refractivity contribution in [3.8, 4) is 0 Å². The fourth-order valence-electron chi connectivity index (χ4n) is 2.30. The molecule has 1 aromatic heterocycles. The molecule has 1 atom stereocenters. The van der Waals surface area contributed by atoms with Gasteiger partial charge in [0.05, 0.1) is 23.9 Å². The lowest BCUT2D eigenvalue weighted by atomic mass is 10.0. The molecule has 0 aliphatic carbocycles. The molecule has 1 unspecified atom stereocenters. The molecule has 2 rings (SSSR count). The van der Waals surface area contributed by atoms with Crippen LogP contribution in [0.3, 0.4) is 0 Å². The highest BCUT2D eigenvalue weighted by atomic mass is 127. The highest BCUT2D eigenvalue weighted by molar-refractivity contribution is 14.0. The molecule has 0 saturated carbocycles. The molecule has 3 N–H and O–H groups in total. The molecule has 138 valence electrons. The van der Waals surface area contributed by atoms with Gasteiger partial charge in [-0.15, -0.1) is 35.3 Å². The number of thiazole rings is 1. The second-order valence-corrected chi connectivity index (χ2v) is 6.82. The number of nitrogens with one attached hydrogen (secondary N) is 2. The Morgan fingerprint density at radius 2 is 1.96 bits per heavy atom. The van der Waals surface area contributed by atoms with Crippen molar-refractivity contribution in [1.29, 1.82) is 0 Å². The molecule has 1 heterocycles. The Morgan fingerprint density at radius 1 is 1.24 bits per heavy atom. The van der Waals surface area contributed by atoms with Gasteiger partial charge in [0.1, 0.15) is 0 Å². The summed E-state index contributed by atoms with van der Waals surface area (Å²) in [5.41, 5.74) is 2.14. The Bertz CT molecular complexity index is 646. The summed E-state index contributed by atoms with van der Waals surface area (Å²) < 4.78 is 0. The summed E-state index contributed by atoms with van der Waals surface area (Å²) in [4.78, 5) is 8.84. The number of aliphatic imine (C=N–C) groups is 1. The quantitative estimate of drug-likeness (QED) is 0.327. The highest BCUT2D eigenvalue weighted by Crippen LogP contribution is 2.19. The van der Waals surface area contributed by atoms with Crippen LogP contribution < -0.4 is 10.6 Å². The fraction of sp³-hybridized carbons (Fsp3) is 0.444. The monoisotopic (exact) mass is 474 g/mol. The first kappa shape index (κ1) is 21.9. The molecule has 1 aromatic carbocycles. The first-order valence-corrected chi connectivity index (χ1v) is 9.06. The van der Waals surface area contributed by atoms with Crippen LogP contribution in [0.5, 0.6) is 0 Å². The van der Waals surface area contributed by atoms with Crippen molar-refractivity contribution >= 4 is 41.3 Å². The van der Waals surface area contributed by atoms with Crippen LogP contribution >= 0.6 is 35.3 Å². The number of nitrogens with zero attached hydrogens (tertiary/aromatic N) is 2. The largest absolute Gasteiger partial charge is 0.396 e. The van der Waals surface area contributed by atoms with Crippen LogP contribution in [0.25, 0.3) is 0 Å². The Labute approximate surface area is 171 Å². The van der Waals surface area contributed by atoms with E-state index in [9.17, 15) is 5.11 Å². The van der Waals surface area contributed by atoms with Crippen molar-refractivity contribution in [1.82, 2.24) is 15.6 Å². The van der Waals surface area contributed by atoms with Gasteiger partial charge in [0.25, 0.3) is 0 Å². The van der Waals surface area contributed by atoms with Gasteiger partial charge < -0.3 is 15.7 Å². The van der Waals surface area contributed by atoms with Crippen molar-refractivity contribution in [3.05, 3.63) is 52.0 Å². The minimum absolute atomic E-state index is 0. The molecule has 2 aromatic rings. The number of benzene rings is 1. The molecule has 0 fully saturated rings. The number of hydrogen-bond acceptors (Lipinski definition) is 4. The summed E-state index contributed by atoms with van der Waals surface area (Å²) in [6, 6.07) is 10.0. The average Bonchev–Trinajstić information content (AvgIpc) is 3.08. The first-order valence-electron chi connectivity index (χ1n) is 8.18. The van der Waals surface area contributed by atoms with Crippen LogP contribution in [0.4, 0.5) is 0 Å². The van der Waals surface area contributed by atoms with E-state index in [1.54, 1.807) is 18.4 Å². The van der Waals surface area contributed by atoms with E-state index in [2.05, 4.69) is 39.8 Å². The number of aliphatic hydroxyl groups excluding tert-OH is 1. The molecule has 0 amide bonds.